The van der Waals surface area contributed by atoms with Gasteiger partial charge in [-0.1, -0.05) is 11.8 Å². The van der Waals surface area contributed by atoms with E-state index in [9.17, 15) is 14.4 Å². The van der Waals surface area contributed by atoms with E-state index in [0.29, 0.717) is 38.9 Å². The Hall–Kier alpha value is -3.47. The van der Waals surface area contributed by atoms with E-state index in [1.165, 1.54) is 23.6 Å². The van der Waals surface area contributed by atoms with Gasteiger partial charge in [0.25, 0.3) is 5.56 Å². The second-order valence-corrected chi connectivity index (χ2v) is 11.1. The minimum atomic E-state index is -0.231. The molecule has 10 heteroatoms. The number of benzene rings is 2. The van der Waals surface area contributed by atoms with Crippen LogP contribution in [-0.4, -0.2) is 52.1 Å². The highest BCUT2D eigenvalue weighted by Crippen LogP contribution is 2.34. The van der Waals surface area contributed by atoms with Crippen LogP contribution in [0.2, 0.25) is 0 Å². The number of ether oxygens (including phenoxy) is 1. The minimum absolute atomic E-state index is 0.0333. The third-order valence-corrected chi connectivity index (χ3v) is 8.40. The van der Waals surface area contributed by atoms with E-state index >= 15 is 0 Å². The van der Waals surface area contributed by atoms with Crippen molar-refractivity contribution in [2.75, 3.05) is 31.3 Å². The van der Waals surface area contributed by atoms with Gasteiger partial charge < -0.3 is 15.0 Å². The van der Waals surface area contributed by atoms with Crippen LogP contribution in [0.1, 0.15) is 34.6 Å². The maximum absolute atomic E-state index is 13.9. The number of hydrogen-bond donors (Lipinski definition) is 1. The molecule has 38 heavy (non-hydrogen) atoms. The number of rotatable bonds is 8. The lowest BCUT2D eigenvalue weighted by Crippen LogP contribution is -2.27. The molecule has 5 rings (SSSR count). The van der Waals surface area contributed by atoms with E-state index in [1.807, 2.05) is 31.2 Å². The van der Waals surface area contributed by atoms with Crippen LogP contribution in [0.15, 0.2) is 58.5 Å². The third-order valence-electron chi connectivity index (χ3n) is 6.35. The topological polar surface area (TPSA) is 93.5 Å². The molecule has 8 nitrogen and oxygen atoms in total. The molecule has 2 aromatic heterocycles. The second kappa shape index (κ2) is 11.1. The normalized spacial score (nSPS) is 13.3. The van der Waals surface area contributed by atoms with Gasteiger partial charge in [0.1, 0.15) is 10.6 Å². The summed E-state index contributed by atoms with van der Waals surface area (Å²) >= 11 is 2.78. The first-order valence-corrected chi connectivity index (χ1v) is 14.2. The van der Waals surface area contributed by atoms with E-state index in [2.05, 4.69) is 17.3 Å². The fraction of sp³-hybridized carbons (Fsp3) is 0.286. The molecule has 196 valence electrons. The number of nitrogens with one attached hydrogen (secondary N) is 1. The van der Waals surface area contributed by atoms with Crippen LogP contribution in [0.4, 0.5) is 5.69 Å². The highest BCUT2D eigenvalue weighted by atomic mass is 32.2. The summed E-state index contributed by atoms with van der Waals surface area (Å²) < 4.78 is 7.17. The molecule has 1 N–H and O–H groups in total. The third kappa shape index (κ3) is 5.38. The molecule has 2 aromatic carbocycles. The van der Waals surface area contributed by atoms with Gasteiger partial charge in [-0.05, 0) is 81.4 Å². The maximum Gasteiger partial charge on any atom is 0.267 e. The Balaban J connectivity index is 1.47. The molecule has 0 spiro atoms. The molecule has 0 bridgehead atoms. The second-order valence-electron chi connectivity index (χ2n) is 9.10. The molecule has 0 radical (unpaired) electrons. The fourth-order valence-electron chi connectivity index (χ4n) is 4.45. The number of amides is 1. The molecule has 4 aromatic rings. The van der Waals surface area contributed by atoms with Crippen LogP contribution < -0.4 is 15.6 Å². The molecule has 1 amide bonds. The number of thioether (sulfide) groups is 1. The van der Waals surface area contributed by atoms with Crippen molar-refractivity contribution in [2.24, 2.45) is 0 Å². The van der Waals surface area contributed by atoms with Gasteiger partial charge in [0.15, 0.2) is 10.9 Å². The number of carbonyl (C=O) groups excluding carboxylic acids is 2. The zero-order valence-corrected chi connectivity index (χ0v) is 23.1. The van der Waals surface area contributed by atoms with E-state index in [4.69, 9.17) is 9.72 Å². The number of hydrogen-bond acceptors (Lipinski definition) is 8. The zero-order chi connectivity index (χ0) is 26.8. The smallest absolute Gasteiger partial charge is 0.267 e. The van der Waals surface area contributed by atoms with E-state index in [1.54, 1.807) is 40.2 Å². The Morgan fingerprint density at radius 2 is 1.87 bits per heavy atom. The standard InChI is InChI=1S/C28H28N4O4S2/c1-4-36-21-11-9-20(10-12-21)32-27(35)25-22-13-14-31(3)15-23(22)38-26(25)30-28(32)37-16-24(34)29-19-7-5-18(6-8-19)17(2)33/h5-12H,4,13-16H2,1-3H3,(H,29,34). The Morgan fingerprint density at radius 3 is 2.55 bits per heavy atom. The average molecular weight is 549 g/mol. The lowest BCUT2D eigenvalue weighted by molar-refractivity contribution is -0.113. The quantitative estimate of drug-likeness (QED) is 0.193. The summed E-state index contributed by atoms with van der Waals surface area (Å²) in [5.74, 6) is 0.523. The Labute approximate surface area is 228 Å². The van der Waals surface area contributed by atoms with Gasteiger partial charge in [-0.15, -0.1) is 11.3 Å². The number of anilines is 1. The summed E-state index contributed by atoms with van der Waals surface area (Å²) in [5.41, 5.74) is 2.82. The first-order valence-electron chi connectivity index (χ1n) is 12.4. The lowest BCUT2D eigenvalue weighted by Gasteiger charge is -2.21. The van der Waals surface area contributed by atoms with E-state index in [0.717, 1.165) is 30.8 Å². The van der Waals surface area contributed by atoms with Crippen molar-refractivity contribution in [3.63, 3.8) is 0 Å². The SMILES string of the molecule is CCOc1ccc(-n2c(SCC(=O)Nc3ccc(C(C)=O)cc3)nc3sc4c(c3c2=O)CCN(C)C4)cc1. The van der Waals surface area contributed by atoms with Crippen molar-refractivity contribution in [3.05, 3.63) is 74.9 Å². The lowest BCUT2D eigenvalue weighted by atomic mass is 10.1. The molecular weight excluding hydrogens is 520 g/mol. The number of fused-ring (bicyclic) bond motifs is 3. The number of ketones is 1. The number of aromatic nitrogens is 2. The molecule has 0 aliphatic carbocycles. The van der Waals surface area contributed by atoms with Gasteiger partial charge in [0.2, 0.25) is 5.91 Å². The van der Waals surface area contributed by atoms with Gasteiger partial charge in [-0.3, -0.25) is 19.0 Å². The van der Waals surface area contributed by atoms with Crippen molar-refractivity contribution >= 4 is 50.7 Å². The average Bonchev–Trinajstić information content (AvgIpc) is 3.26. The van der Waals surface area contributed by atoms with Gasteiger partial charge in [-0.2, -0.15) is 0 Å². The van der Waals surface area contributed by atoms with Gasteiger partial charge in [0, 0.05) is 29.2 Å². The number of likely N-dealkylation sites (N-methyl/N-ethyl adjacent to an activating group) is 1. The van der Waals surface area contributed by atoms with Crippen LogP contribution in [-0.2, 0) is 17.8 Å². The van der Waals surface area contributed by atoms with Gasteiger partial charge in [0.05, 0.1) is 23.4 Å². The van der Waals surface area contributed by atoms with E-state index < -0.39 is 0 Å². The van der Waals surface area contributed by atoms with Gasteiger partial charge in [-0.25, -0.2) is 4.98 Å². The van der Waals surface area contributed by atoms with Crippen LogP contribution in [0.3, 0.4) is 0 Å². The zero-order valence-electron chi connectivity index (χ0n) is 21.4. The summed E-state index contributed by atoms with van der Waals surface area (Å²) in [5, 5.41) is 3.98. The van der Waals surface area contributed by atoms with Gasteiger partial charge >= 0.3 is 0 Å². The number of Topliss-reactive ketones (excluding diaryl/α,β-unsaturated/α-hetero) is 1. The fourth-order valence-corrected chi connectivity index (χ4v) is 6.60. The van der Waals surface area contributed by atoms with Crippen molar-refractivity contribution < 1.29 is 14.3 Å². The van der Waals surface area contributed by atoms with Crippen molar-refractivity contribution in [3.8, 4) is 11.4 Å². The van der Waals surface area contributed by atoms with E-state index in [-0.39, 0.29) is 23.0 Å². The number of thiophene rings is 1. The predicted molar refractivity (Wildman–Crippen MR) is 152 cm³/mol. The monoisotopic (exact) mass is 548 g/mol. The van der Waals surface area contributed by atoms with Crippen LogP contribution in [0.5, 0.6) is 5.75 Å². The van der Waals surface area contributed by atoms with Crippen molar-refractivity contribution in [2.45, 2.75) is 32.0 Å². The summed E-state index contributed by atoms with van der Waals surface area (Å²) in [6.45, 7) is 5.67. The molecule has 0 saturated heterocycles. The Bertz CT molecular complexity index is 1560. The largest absolute Gasteiger partial charge is 0.494 e. The minimum Gasteiger partial charge on any atom is -0.494 e. The van der Waals surface area contributed by atoms with Crippen LogP contribution >= 0.6 is 23.1 Å². The molecular formula is C28H28N4O4S2. The first-order chi connectivity index (χ1) is 18.3. The van der Waals surface area contributed by atoms with Crippen molar-refractivity contribution in [1.82, 2.24) is 14.5 Å². The van der Waals surface area contributed by atoms with Crippen molar-refractivity contribution in [1.29, 1.82) is 0 Å². The molecule has 1 aliphatic heterocycles. The Morgan fingerprint density at radius 1 is 1.13 bits per heavy atom. The molecule has 0 fully saturated rings. The predicted octanol–water partition coefficient (Wildman–Crippen LogP) is 4.77. The summed E-state index contributed by atoms with van der Waals surface area (Å²) in [6, 6.07) is 14.1. The van der Waals surface area contributed by atoms with Crippen LogP contribution in [0.25, 0.3) is 15.9 Å². The molecule has 3 heterocycles. The molecule has 0 saturated carbocycles. The molecule has 0 atom stereocenters. The summed E-state index contributed by atoms with van der Waals surface area (Å²) in [6.07, 6.45) is 0.809. The first kappa shape index (κ1) is 26.1. The summed E-state index contributed by atoms with van der Waals surface area (Å²) in [4.78, 5) is 47.2. The van der Waals surface area contributed by atoms with Crippen LogP contribution in [0, 0.1) is 0 Å². The highest BCUT2D eigenvalue weighted by Gasteiger charge is 2.25. The highest BCUT2D eigenvalue weighted by molar-refractivity contribution is 7.99. The maximum atomic E-state index is 13.9. The molecule has 0 unspecified atom stereocenters. The number of carbonyl (C=O) groups is 2. The molecule has 1 aliphatic rings. The number of nitrogens with zero attached hydrogens (tertiary/aromatic N) is 3. The summed E-state index contributed by atoms with van der Waals surface area (Å²) in [7, 11) is 2.08. The Kier molecular flexibility index (Phi) is 7.64.